The molecule has 3 nitrogen and oxygen atoms in total. The molecule has 5 heteroatoms. The lowest BCUT2D eigenvalue weighted by molar-refractivity contribution is -0.135. The Kier molecular flexibility index (Phi) is 4.76. The highest BCUT2D eigenvalue weighted by atomic mass is 19.2. The number of hydrogen-bond acceptors (Lipinski definition) is 2. The lowest BCUT2D eigenvalue weighted by Gasteiger charge is -2.35. The van der Waals surface area contributed by atoms with Gasteiger partial charge in [0.05, 0.1) is 0 Å². The third-order valence-corrected chi connectivity index (χ3v) is 6.75. The second kappa shape index (κ2) is 6.91. The van der Waals surface area contributed by atoms with Crippen molar-refractivity contribution in [3.8, 4) is 0 Å². The van der Waals surface area contributed by atoms with Crippen LogP contribution in [0.3, 0.4) is 0 Å². The number of carbonyl (C=O) groups is 1. The van der Waals surface area contributed by atoms with Gasteiger partial charge in [-0.05, 0) is 63.1 Å². The molecule has 142 valence electrons. The Labute approximate surface area is 154 Å². The number of nitrogens with zero attached hydrogens (tertiary/aromatic N) is 2. The van der Waals surface area contributed by atoms with Crippen molar-refractivity contribution >= 4 is 5.91 Å². The summed E-state index contributed by atoms with van der Waals surface area (Å²) in [6.07, 6.45) is 5.37. The van der Waals surface area contributed by atoms with E-state index in [2.05, 4.69) is 16.7 Å². The van der Waals surface area contributed by atoms with Gasteiger partial charge in [0.2, 0.25) is 5.91 Å². The number of amides is 1. The van der Waals surface area contributed by atoms with E-state index in [0.29, 0.717) is 29.9 Å². The van der Waals surface area contributed by atoms with Crippen LogP contribution in [-0.2, 0) is 11.3 Å². The molecule has 0 spiro atoms. The van der Waals surface area contributed by atoms with Gasteiger partial charge in [-0.1, -0.05) is 19.1 Å². The summed E-state index contributed by atoms with van der Waals surface area (Å²) in [5.74, 6) is 0.132. The maximum Gasteiger partial charge on any atom is 0.228 e. The fourth-order valence-electron chi connectivity index (χ4n) is 4.63. The molecule has 1 amide bonds. The van der Waals surface area contributed by atoms with Gasteiger partial charge in [0.1, 0.15) is 0 Å². The van der Waals surface area contributed by atoms with Crippen molar-refractivity contribution in [3.63, 3.8) is 0 Å². The molecule has 1 saturated carbocycles. The lowest BCUT2D eigenvalue weighted by atomic mass is 9.83. The summed E-state index contributed by atoms with van der Waals surface area (Å²) in [6.45, 7) is 6.23. The lowest BCUT2D eigenvalue weighted by Crippen LogP contribution is -2.38. The summed E-state index contributed by atoms with van der Waals surface area (Å²) in [5, 5.41) is 0. The summed E-state index contributed by atoms with van der Waals surface area (Å²) in [7, 11) is 0. The maximum atomic E-state index is 13.9. The topological polar surface area (TPSA) is 23.6 Å². The number of hydrogen-bond donors (Lipinski definition) is 0. The third kappa shape index (κ3) is 3.51. The van der Waals surface area contributed by atoms with Crippen LogP contribution in [0.15, 0.2) is 18.2 Å². The van der Waals surface area contributed by atoms with Crippen LogP contribution in [0.2, 0.25) is 0 Å². The van der Waals surface area contributed by atoms with E-state index in [9.17, 15) is 13.6 Å². The Morgan fingerprint density at radius 2 is 1.81 bits per heavy atom. The van der Waals surface area contributed by atoms with E-state index in [-0.39, 0.29) is 5.41 Å². The van der Waals surface area contributed by atoms with Crippen LogP contribution in [0.5, 0.6) is 0 Å². The quantitative estimate of drug-likeness (QED) is 0.813. The van der Waals surface area contributed by atoms with E-state index in [1.807, 2.05) is 0 Å². The number of piperidine rings is 1. The van der Waals surface area contributed by atoms with E-state index in [1.165, 1.54) is 6.07 Å². The summed E-state index contributed by atoms with van der Waals surface area (Å²) in [4.78, 5) is 16.8. The van der Waals surface area contributed by atoms with E-state index in [0.717, 1.165) is 58.3 Å². The Balaban J connectivity index is 1.27. The SMILES string of the molecule is CC1(C(=O)N2CC[C@H](C3CCN(Cc4cccc(F)c4F)CC3)C2)CC1. The van der Waals surface area contributed by atoms with Crippen LogP contribution < -0.4 is 0 Å². The summed E-state index contributed by atoms with van der Waals surface area (Å²) < 4.78 is 27.2. The first kappa shape index (κ1) is 17.9. The van der Waals surface area contributed by atoms with Gasteiger partial charge in [-0.2, -0.15) is 0 Å². The Morgan fingerprint density at radius 1 is 1.12 bits per heavy atom. The highest BCUT2D eigenvalue weighted by Gasteiger charge is 2.48. The average Bonchev–Trinajstić information content (AvgIpc) is 3.20. The molecule has 0 bridgehead atoms. The predicted molar refractivity (Wildman–Crippen MR) is 96.4 cm³/mol. The van der Waals surface area contributed by atoms with Crippen molar-refractivity contribution in [3.05, 3.63) is 35.4 Å². The fourth-order valence-corrected chi connectivity index (χ4v) is 4.63. The second-order valence-electron chi connectivity index (χ2n) is 8.69. The Hall–Kier alpha value is -1.49. The van der Waals surface area contributed by atoms with E-state index in [4.69, 9.17) is 0 Å². The molecule has 3 fully saturated rings. The molecule has 0 radical (unpaired) electrons. The van der Waals surface area contributed by atoms with Gasteiger partial charge in [-0.3, -0.25) is 9.69 Å². The molecule has 26 heavy (non-hydrogen) atoms. The van der Waals surface area contributed by atoms with Crippen LogP contribution in [0.4, 0.5) is 8.78 Å². The zero-order valence-corrected chi connectivity index (χ0v) is 15.5. The number of likely N-dealkylation sites (tertiary alicyclic amines) is 2. The Morgan fingerprint density at radius 3 is 2.50 bits per heavy atom. The van der Waals surface area contributed by atoms with Gasteiger partial charge in [0, 0.05) is 30.6 Å². The average molecular weight is 362 g/mol. The van der Waals surface area contributed by atoms with E-state index < -0.39 is 11.6 Å². The van der Waals surface area contributed by atoms with Gasteiger partial charge >= 0.3 is 0 Å². The van der Waals surface area contributed by atoms with Crippen molar-refractivity contribution in [1.29, 1.82) is 0 Å². The normalized spacial score (nSPS) is 26.3. The van der Waals surface area contributed by atoms with Crippen LogP contribution in [0, 0.1) is 28.9 Å². The molecule has 4 rings (SSSR count). The highest BCUT2D eigenvalue weighted by Crippen LogP contribution is 2.47. The van der Waals surface area contributed by atoms with E-state index in [1.54, 1.807) is 12.1 Å². The first-order valence-electron chi connectivity index (χ1n) is 9.91. The molecule has 1 aromatic rings. The predicted octanol–water partition coefficient (Wildman–Crippen LogP) is 3.83. The zero-order valence-electron chi connectivity index (χ0n) is 15.5. The minimum absolute atomic E-state index is 0.0622. The van der Waals surface area contributed by atoms with Crippen LogP contribution in [0.1, 0.15) is 44.6 Å². The molecule has 3 aliphatic rings. The Bertz CT molecular complexity index is 681. The van der Waals surface area contributed by atoms with Crippen molar-refractivity contribution in [2.45, 2.75) is 45.6 Å². The molecule has 0 unspecified atom stereocenters. The second-order valence-corrected chi connectivity index (χ2v) is 8.69. The number of carbonyl (C=O) groups excluding carboxylic acids is 1. The van der Waals surface area contributed by atoms with E-state index >= 15 is 0 Å². The van der Waals surface area contributed by atoms with Crippen LogP contribution in [0.25, 0.3) is 0 Å². The third-order valence-electron chi connectivity index (χ3n) is 6.75. The summed E-state index contributed by atoms with van der Waals surface area (Å²) in [5.41, 5.74) is 0.381. The van der Waals surface area contributed by atoms with Gasteiger partial charge in [-0.15, -0.1) is 0 Å². The molecule has 1 aliphatic carbocycles. The smallest absolute Gasteiger partial charge is 0.228 e. The van der Waals surface area contributed by atoms with Crippen molar-refractivity contribution < 1.29 is 13.6 Å². The minimum Gasteiger partial charge on any atom is -0.342 e. The molecule has 2 aliphatic heterocycles. The summed E-state index contributed by atoms with van der Waals surface area (Å²) in [6, 6.07) is 4.41. The van der Waals surface area contributed by atoms with Crippen molar-refractivity contribution in [1.82, 2.24) is 9.80 Å². The first-order chi connectivity index (χ1) is 12.5. The molecule has 2 saturated heterocycles. The molecule has 1 aromatic carbocycles. The first-order valence-corrected chi connectivity index (χ1v) is 9.91. The molecule has 0 aromatic heterocycles. The molecule has 0 N–H and O–H groups in total. The molecular formula is C21H28F2N2O. The molecular weight excluding hydrogens is 334 g/mol. The number of benzene rings is 1. The standard InChI is InChI=1S/C21H28F2N2O/c1-21(8-9-21)20(26)25-12-7-16(14-25)15-5-10-24(11-6-15)13-17-3-2-4-18(22)19(17)23/h2-4,15-16H,5-14H2,1H3/t16-/m0/s1. The van der Waals surface area contributed by atoms with Crippen LogP contribution >= 0.6 is 0 Å². The van der Waals surface area contributed by atoms with Crippen molar-refractivity contribution in [2.24, 2.45) is 17.3 Å². The fraction of sp³-hybridized carbons (Fsp3) is 0.667. The molecule has 1 atom stereocenters. The van der Waals surface area contributed by atoms with Gasteiger partial charge in [0.25, 0.3) is 0 Å². The maximum absolute atomic E-state index is 13.9. The van der Waals surface area contributed by atoms with Gasteiger partial charge < -0.3 is 4.90 Å². The monoisotopic (exact) mass is 362 g/mol. The molecule has 2 heterocycles. The van der Waals surface area contributed by atoms with Crippen LogP contribution in [-0.4, -0.2) is 41.9 Å². The van der Waals surface area contributed by atoms with Gasteiger partial charge in [-0.25, -0.2) is 8.78 Å². The summed E-state index contributed by atoms with van der Waals surface area (Å²) >= 11 is 0. The minimum atomic E-state index is -0.766. The number of halogens is 2. The highest BCUT2D eigenvalue weighted by molar-refractivity contribution is 5.85. The van der Waals surface area contributed by atoms with Crippen molar-refractivity contribution in [2.75, 3.05) is 26.2 Å². The zero-order chi connectivity index (χ0) is 18.3. The van der Waals surface area contributed by atoms with Gasteiger partial charge in [0.15, 0.2) is 11.6 Å². The number of rotatable bonds is 4. The largest absolute Gasteiger partial charge is 0.342 e.